The van der Waals surface area contributed by atoms with Crippen LogP contribution in [0.4, 0.5) is 0 Å². The predicted molar refractivity (Wildman–Crippen MR) is 110 cm³/mol. The van der Waals surface area contributed by atoms with Crippen LogP contribution in [0.5, 0.6) is 0 Å². The Morgan fingerprint density at radius 1 is 1.11 bits per heavy atom. The van der Waals surface area contributed by atoms with Gasteiger partial charge in [0.05, 0.1) is 0 Å². The maximum absolute atomic E-state index is 4.76. The van der Waals surface area contributed by atoms with Gasteiger partial charge in [-0.15, -0.1) is 0 Å². The molecule has 1 aliphatic heterocycles. The van der Waals surface area contributed by atoms with Crippen molar-refractivity contribution in [3.8, 4) is 11.5 Å². The molecule has 5 rings (SSSR count). The van der Waals surface area contributed by atoms with E-state index in [1.807, 2.05) is 19.3 Å². The van der Waals surface area contributed by atoms with Crippen LogP contribution >= 0.6 is 0 Å². The summed E-state index contributed by atoms with van der Waals surface area (Å²) >= 11 is 0. The van der Waals surface area contributed by atoms with E-state index in [0.29, 0.717) is 5.92 Å². The van der Waals surface area contributed by atoms with E-state index in [-0.39, 0.29) is 0 Å². The number of rotatable bonds is 4. The average Bonchev–Trinajstić information content (AvgIpc) is 3.39. The monoisotopic (exact) mass is 372 g/mol. The van der Waals surface area contributed by atoms with E-state index in [4.69, 9.17) is 4.98 Å². The molecule has 4 aromatic rings. The molecule has 0 spiro atoms. The van der Waals surface area contributed by atoms with Gasteiger partial charge in [0.15, 0.2) is 5.82 Å². The Morgan fingerprint density at radius 3 is 2.96 bits per heavy atom. The lowest BCUT2D eigenvalue weighted by Crippen LogP contribution is -2.34. The minimum atomic E-state index is 0.429. The summed E-state index contributed by atoms with van der Waals surface area (Å²) in [6.45, 7) is 5.09. The van der Waals surface area contributed by atoms with Crippen molar-refractivity contribution in [2.24, 2.45) is 0 Å². The molecule has 1 fully saturated rings. The molecule has 1 atom stereocenters. The summed E-state index contributed by atoms with van der Waals surface area (Å²) in [7, 11) is 0. The zero-order chi connectivity index (χ0) is 18.9. The van der Waals surface area contributed by atoms with Gasteiger partial charge in [0.25, 0.3) is 0 Å². The van der Waals surface area contributed by atoms with Crippen LogP contribution in [-0.4, -0.2) is 42.9 Å². The summed E-state index contributed by atoms with van der Waals surface area (Å²) in [4.78, 5) is 22.7. The first kappa shape index (κ1) is 17.1. The average molecular weight is 372 g/mol. The second kappa shape index (κ2) is 7.20. The molecule has 1 aromatic carbocycles. The summed E-state index contributed by atoms with van der Waals surface area (Å²) in [5, 5.41) is 1.27. The van der Waals surface area contributed by atoms with Gasteiger partial charge in [-0.3, -0.25) is 4.90 Å². The Bertz CT molecular complexity index is 1080. The molecular formula is C22H24N6. The van der Waals surface area contributed by atoms with Crippen LogP contribution in [0.25, 0.3) is 22.4 Å². The van der Waals surface area contributed by atoms with Crippen LogP contribution in [-0.2, 0) is 6.54 Å². The lowest BCUT2D eigenvalue weighted by atomic mass is 9.93. The molecular weight excluding hydrogens is 348 g/mol. The van der Waals surface area contributed by atoms with E-state index in [1.165, 1.54) is 29.3 Å². The molecule has 6 nitrogen and oxygen atoms in total. The number of benzene rings is 1. The summed E-state index contributed by atoms with van der Waals surface area (Å²) in [5.74, 6) is 2.04. The van der Waals surface area contributed by atoms with Gasteiger partial charge in [-0.2, -0.15) is 0 Å². The summed E-state index contributed by atoms with van der Waals surface area (Å²) in [6, 6.07) is 10.9. The lowest BCUT2D eigenvalue weighted by molar-refractivity contribution is 0.198. The number of nitrogens with one attached hydrogen (secondary N) is 2. The van der Waals surface area contributed by atoms with Crippen LogP contribution in [0.1, 0.15) is 35.8 Å². The largest absolute Gasteiger partial charge is 0.361 e. The Morgan fingerprint density at radius 2 is 2.07 bits per heavy atom. The fourth-order valence-corrected chi connectivity index (χ4v) is 4.22. The van der Waals surface area contributed by atoms with Crippen LogP contribution in [0, 0.1) is 6.92 Å². The van der Waals surface area contributed by atoms with Crippen molar-refractivity contribution in [1.29, 1.82) is 0 Å². The topological polar surface area (TPSA) is 73.5 Å². The number of aromatic amines is 2. The van der Waals surface area contributed by atoms with E-state index in [9.17, 15) is 0 Å². The van der Waals surface area contributed by atoms with Gasteiger partial charge in [0.1, 0.15) is 11.5 Å². The van der Waals surface area contributed by atoms with Gasteiger partial charge in [0.2, 0.25) is 0 Å². The maximum atomic E-state index is 4.76. The molecule has 142 valence electrons. The Labute approximate surface area is 164 Å². The molecule has 6 heteroatoms. The third kappa shape index (κ3) is 3.43. The highest BCUT2D eigenvalue weighted by Gasteiger charge is 2.23. The first-order valence-corrected chi connectivity index (χ1v) is 9.88. The molecule has 0 radical (unpaired) electrons. The second-order valence-corrected chi connectivity index (χ2v) is 7.64. The van der Waals surface area contributed by atoms with Crippen molar-refractivity contribution in [1.82, 2.24) is 29.8 Å². The normalized spacial score (nSPS) is 18.0. The number of hydrogen-bond donors (Lipinski definition) is 2. The molecule has 1 saturated heterocycles. The number of nitrogens with zero attached hydrogens (tertiary/aromatic N) is 4. The van der Waals surface area contributed by atoms with Crippen molar-refractivity contribution in [2.75, 3.05) is 13.1 Å². The molecule has 3 aromatic heterocycles. The van der Waals surface area contributed by atoms with Gasteiger partial charge in [-0.1, -0.05) is 12.1 Å². The van der Waals surface area contributed by atoms with Gasteiger partial charge < -0.3 is 9.97 Å². The quantitative estimate of drug-likeness (QED) is 0.567. The van der Waals surface area contributed by atoms with Crippen molar-refractivity contribution in [3.05, 3.63) is 66.0 Å². The van der Waals surface area contributed by atoms with Crippen LogP contribution < -0.4 is 0 Å². The van der Waals surface area contributed by atoms with Crippen LogP contribution in [0.15, 0.2) is 48.9 Å². The number of piperidine rings is 1. The molecule has 1 aliphatic rings. The highest BCUT2D eigenvalue weighted by atomic mass is 15.1. The molecule has 1 unspecified atom stereocenters. The zero-order valence-corrected chi connectivity index (χ0v) is 16.0. The fourth-order valence-electron chi connectivity index (χ4n) is 4.22. The zero-order valence-electron chi connectivity index (χ0n) is 16.0. The molecule has 0 amide bonds. The van der Waals surface area contributed by atoms with Crippen molar-refractivity contribution >= 4 is 10.9 Å². The minimum absolute atomic E-state index is 0.429. The second-order valence-electron chi connectivity index (χ2n) is 7.64. The number of hydrogen-bond acceptors (Lipinski definition) is 4. The molecule has 0 bridgehead atoms. The number of aryl methyl sites for hydroxylation is 1. The van der Waals surface area contributed by atoms with Gasteiger partial charge in [0, 0.05) is 48.8 Å². The van der Waals surface area contributed by atoms with E-state index < -0.39 is 0 Å². The van der Waals surface area contributed by atoms with E-state index in [1.54, 1.807) is 6.20 Å². The molecule has 0 aliphatic carbocycles. The van der Waals surface area contributed by atoms with E-state index in [0.717, 1.165) is 42.7 Å². The highest BCUT2D eigenvalue weighted by Crippen LogP contribution is 2.28. The van der Waals surface area contributed by atoms with Gasteiger partial charge in [-0.05, 0) is 55.5 Å². The number of fused-ring (bicyclic) bond motifs is 1. The maximum Gasteiger partial charge on any atom is 0.156 e. The number of aromatic nitrogens is 5. The van der Waals surface area contributed by atoms with Crippen LogP contribution in [0.3, 0.4) is 0 Å². The standard InChI is InChI=1S/C22H24N6/c1-15-26-20(12-21(27-15)22-24-8-9-25-22)18-3-2-10-28(14-18)13-16-4-5-17-6-7-23-19(17)11-16/h4-9,11-12,18,23H,2-3,10,13-14H2,1H3,(H,24,25). The molecule has 0 saturated carbocycles. The van der Waals surface area contributed by atoms with E-state index >= 15 is 0 Å². The Kier molecular flexibility index (Phi) is 4.41. The van der Waals surface area contributed by atoms with Gasteiger partial charge >= 0.3 is 0 Å². The third-order valence-electron chi connectivity index (χ3n) is 5.55. The van der Waals surface area contributed by atoms with Crippen LogP contribution in [0.2, 0.25) is 0 Å². The number of imidazole rings is 1. The van der Waals surface area contributed by atoms with Gasteiger partial charge in [-0.25, -0.2) is 15.0 Å². The minimum Gasteiger partial charge on any atom is -0.361 e. The summed E-state index contributed by atoms with van der Waals surface area (Å²) in [6.07, 6.45) is 7.94. The summed E-state index contributed by atoms with van der Waals surface area (Å²) in [5.41, 5.74) is 4.57. The first-order valence-electron chi connectivity index (χ1n) is 9.88. The van der Waals surface area contributed by atoms with E-state index in [2.05, 4.69) is 55.2 Å². The lowest BCUT2D eigenvalue weighted by Gasteiger charge is -2.32. The smallest absolute Gasteiger partial charge is 0.156 e. The molecule has 2 N–H and O–H groups in total. The van der Waals surface area contributed by atoms with Crippen molar-refractivity contribution < 1.29 is 0 Å². The predicted octanol–water partition coefficient (Wildman–Crippen LogP) is 4.04. The fraction of sp³-hybridized carbons (Fsp3) is 0.318. The Balaban J connectivity index is 1.35. The number of H-pyrrole nitrogens is 2. The first-order chi connectivity index (χ1) is 13.7. The number of likely N-dealkylation sites (tertiary alicyclic amines) is 1. The third-order valence-corrected chi connectivity index (χ3v) is 5.55. The van der Waals surface area contributed by atoms with Crippen molar-refractivity contribution in [2.45, 2.75) is 32.2 Å². The Hall–Kier alpha value is -2.99. The van der Waals surface area contributed by atoms with Crippen molar-refractivity contribution in [3.63, 3.8) is 0 Å². The highest BCUT2D eigenvalue weighted by molar-refractivity contribution is 5.79. The SMILES string of the molecule is Cc1nc(-c2ncc[nH]2)cc(C2CCCN(Cc3ccc4cc[nH]c4c3)C2)n1. The molecule has 28 heavy (non-hydrogen) atoms. The molecule has 4 heterocycles. The summed E-state index contributed by atoms with van der Waals surface area (Å²) < 4.78 is 0.